The summed E-state index contributed by atoms with van der Waals surface area (Å²) < 4.78 is 10.1. The van der Waals surface area contributed by atoms with E-state index in [1.54, 1.807) is 32.9 Å². The highest BCUT2D eigenvalue weighted by atomic mass is 32.2. The predicted octanol–water partition coefficient (Wildman–Crippen LogP) is 3.62. The van der Waals surface area contributed by atoms with Crippen LogP contribution in [-0.4, -0.2) is 40.6 Å². The minimum absolute atomic E-state index is 0.00684. The van der Waals surface area contributed by atoms with Gasteiger partial charge in [0.25, 0.3) is 0 Å². The SMILES string of the molecule is CCOC(=O)C(NC(=O)CSC(C)C(=O)Nc1cc(C)on1)c1cccc2ccccc12. The molecule has 1 heterocycles. The maximum absolute atomic E-state index is 12.7. The van der Waals surface area contributed by atoms with Gasteiger partial charge in [-0.2, -0.15) is 0 Å². The molecule has 0 aliphatic heterocycles. The molecule has 9 heteroatoms. The Morgan fingerprint density at radius 1 is 1.16 bits per heavy atom. The molecule has 0 fully saturated rings. The van der Waals surface area contributed by atoms with Crippen molar-refractivity contribution in [1.82, 2.24) is 10.5 Å². The number of hydrogen-bond acceptors (Lipinski definition) is 7. The largest absolute Gasteiger partial charge is 0.464 e. The van der Waals surface area contributed by atoms with E-state index in [0.29, 0.717) is 17.1 Å². The first-order valence-electron chi connectivity index (χ1n) is 10.2. The molecule has 2 atom stereocenters. The van der Waals surface area contributed by atoms with Crippen molar-refractivity contribution in [2.45, 2.75) is 32.1 Å². The third-order valence-electron chi connectivity index (χ3n) is 4.67. The van der Waals surface area contributed by atoms with E-state index in [0.717, 1.165) is 22.5 Å². The molecule has 0 aliphatic carbocycles. The third kappa shape index (κ3) is 5.88. The van der Waals surface area contributed by atoms with Crippen molar-refractivity contribution in [2.24, 2.45) is 0 Å². The van der Waals surface area contributed by atoms with Crippen LogP contribution in [0.2, 0.25) is 0 Å². The lowest BCUT2D eigenvalue weighted by Crippen LogP contribution is -2.36. The first-order valence-corrected chi connectivity index (χ1v) is 11.2. The quantitative estimate of drug-likeness (QED) is 0.474. The molecular formula is C23H25N3O5S. The van der Waals surface area contributed by atoms with Gasteiger partial charge in [0, 0.05) is 6.07 Å². The van der Waals surface area contributed by atoms with Gasteiger partial charge in [-0.05, 0) is 37.1 Å². The van der Waals surface area contributed by atoms with Gasteiger partial charge >= 0.3 is 5.97 Å². The standard InChI is InChI=1S/C23H25N3O5S/c1-4-30-23(29)21(18-11-7-9-16-8-5-6-10-17(16)18)25-20(27)13-32-15(3)22(28)24-19-12-14(2)31-26-19/h5-12,15,21H,4,13H2,1-3H3,(H,25,27)(H,24,26,28). The molecule has 0 saturated carbocycles. The number of carbonyl (C=O) groups is 3. The number of thioether (sulfide) groups is 1. The average Bonchev–Trinajstić information content (AvgIpc) is 3.20. The second-order valence-corrected chi connectivity index (χ2v) is 8.42. The second-order valence-electron chi connectivity index (χ2n) is 7.09. The van der Waals surface area contributed by atoms with Gasteiger partial charge in [-0.1, -0.05) is 47.6 Å². The number of anilines is 1. The van der Waals surface area contributed by atoms with Gasteiger partial charge < -0.3 is 19.9 Å². The number of ether oxygens (including phenoxy) is 1. The van der Waals surface area contributed by atoms with E-state index in [-0.39, 0.29) is 24.2 Å². The van der Waals surface area contributed by atoms with Crippen molar-refractivity contribution in [2.75, 3.05) is 17.7 Å². The van der Waals surface area contributed by atoms with Crippen molar-refractivity contribution in [1.29, 1.82) is 0 Å². The molecule has 0 bridgehead atoms. The van der Waals surface area contributed by atoms with Gasteiger partial charge in [-0.15, -0.1) is 11.8 Å². The number of aryl methyl sites for hydroxylation is 1. The van der Waals surface area contributed by atoms with Crippen LogP contribution in [0.1, 0.15) is 31.2 Å². The first kappa shape index (κ1) is 23.3. The Balaban J connectivity index is 1.66. The lowest BCUT2D eigenvalue weighted by Gasteiger charge is -2.20. The fraction of sp³-hybridized carbons (Fsp3) is 0.304. The summed E-state index contributed by atoms with van der Waals surface area (Å²) in [5.41, 5.74) is 0.659. The number of esters is 1. The van der Waals surface area contributed by atoms with Crippen molar-refractivity contribution < 1.29 is 23.6 Å². The fourth-order valence-corrected chi connectivity index (χ4v) is 3.82. The van der Waals surface area contributed by atoms with Gasteiger partial charge in [-0.3, -0.25) is 9.59 Å². The topological polar surface area (TPSA) is 111 Å². The molecule has 0 saturated heterocycles. The molecule has 32 heavy (non-hydrogen) atoms. The summed E-state index contributed by atoms with van der Waals surface area (Å²) in [6.45, 7) is 5.32. The lowest BCUT2D eigenvalue weighted by molar-refractivity contribution is -0.147. The smallest absolute Gasteiger partial charge is 0.333 e. The Kier molecular flexibility index (Phi) is 7.88. The van der Waals surface area contributed by atoms with Crippen LogP contribution in [0.3, 0.4) is 0 Å². The Bertz CT molecular complexity index is 1110. The number of nitrogens with one attached hydrogen (secondary N) is 2. The maximum Gasteiger partial charge on any atom is 0.333 e. The molecule has 1 aromatic heterocycles. The predicted molar refractivity (Wildman–Crippen MR) is 123 cm³/mol. The molecule has 0 aliphatic rings. The van der Waals surface area contributed by atoms with E-state index in [9.17, 15) is 14.4 Å². The fourth-order valence-electron chi connectivity index (χ4n) is 3.12. The number of benzene rings is 2. The molecule has 3 aromatic rings. The van der Waals surface area contributed by atoms with Crippen molar-refractivity contribution in [3.8, 4) is 0 Å². The lowest BCUT2D eigenvalue weighted by atomic mass is 9.98. The highest BCUT2D eigenvalue weighted by Crippen LogP contribution is 2.26. The van der Waals surface area contributed by atoms with E-state index in [4.69, 9.17) is 9.26 Å². The van der Waals surface area contributed by atoms with Gasteiger partial charge in [0.15, 0.2) is 11.9 Å². The van der Waals surface area contributed by atoms with Gasteiger partial charge in [0.1, 0.15) is 5.76 Å². The maximum atomic E-state index is 12.7. The van der Waals surface area contributed by atoms with Crippen molar-refractivity contribution in [3.05, 3.63) is 59.9 Å². The molecule has 2 aromatic carbocycles. The summed E-state index contributed by atoms with van der Waals surface area (Å²) in [7, 11) is 0. The third-order valence-corrected chi connectivity index (χ3v) is 5.82. The summed E-state index contributed by atoms with van der Waals surface area (Å²) >= 11 is 1.15. The Morgan fingerprint density at radius 3 is 2.62 bits per heavy atom. The molecule has 0 spiro atoms. The van der Waals surface area contributed by atoms with Crippen molar-refractivity contribution >= 4 is 46.1 Å². The van der Waals surface area contributed by atoms with E-state index in [2.05, 4.69) is 15.8 Å². The average molecular weight is 456 g/mol. The molecule has 8 nitrogen and oxygen atoms in total. The minimum Gasteiger partial charge on any atom is -0.464 e. The summed E-state index contributed by atoms with van der Waals surface area (Å²) in [4.78, 5) is 37.6. The van der Waals surface area contributed by atoms with Crippen LogP contribution in [0.25, 0.3) is 10.8 Å². The van der Waals surface area contributed by atoms with E-state index < -0.39 is 17.3 Å². The monoisotopic (exact) mass is 455 g/mol. The highest BCUT2D eigenvalue weighted by Gasteiger charge is 2.26. The normalized spacial score (nSPS) is 12.7. The van der Waals surface area contributed by atoms with E-state index in [1.165, 1.54) is 0 Å². The number of nitrogens with zero attached hydrogens (tertiary/aromatic N) is 1. The first-order chi connectivity index (χ1) is 15.4. The zero-order valence-corrected chi connectivity index (χ0v) is 18.9. The van der Waals surface area contributed by atoms with Crippen LogP contribution in [-0.2, 0) is 19.1 Å². The zero-order chi connectivity index (χ0) is 23.1. The second kappa shape index (κ2) is 10.8. The zero-order valence-electron chi connectivity index (χ0n) is 18.1. The molecule has 168 valence electrons. The van der Waals surface area contributed by atoms with Crippen molar-refractivity contribution in [3.63, 3.8) is 0 Å². The summed E-state index contributed by atoms with van der Waals surface area (Å²) in [6, 6.07) is 13.9. The number of fused-ring (bicyclic) bond motifs is 1. The van der Waals surface area contributed by atoms with Crippen LogP contribution < -0.4 is 10.6 Å². The number of aromatic nitrogens is 1. The molecule has 2 amide bonds. The van der Waals surface area contributed by atoms with Crippen LogP contribution in [0.15, 0.2) is 53.1 Å². The summed E-state index contributed by atoms with van der Waals surface area (Å²) in [5, 5.41) is 10.4. The van der Waals surface area contributed by atoms with Gasteiger partial charge in [0.2, 0.25) is 11.8 Å². The number of rotatable bonds is 9. The molecule has 3 rings (SSSR count). The van der Waals surface area contributed by atoms with Gasteiger partial charge in [-0.25, -0.2) is 4.79 Å². The Hall–Kier alpha value is -3.33. The van der Waals surface area contributed by atoms with Crippen LogP contribution in [0, 0.1) is 6.92 Å². The molecular weight excluding hydrogens is 430 g/mol. The number of amides is 2. The number of carbonyl (C=O) groups excluding carboxylic acids is 3. The Labute approximate surface area is 190 Å². The van der Waals surface area contributed by atoms with E-state index in [1.807, 2.05) is 36.4 Å². The number of hydrogen-bond donors (Lipinski definition) is 2. The molecule has 2 N–H and O–H groups in total. The van der Waals surface area contributed by atoms with Gasteiger partial charge in [0.05, 0.1) is 17.6 Å². The molecule has 0 radical (unpaired) electrons. The molecule has 2 unspecified atom stereocenters. The highest BCUT2D eigenvalue weighted by molar-refractivity contribution is 8.01. The minimum atomic E-state index is -0.948. The summed E-state index contributed by atoms with van der Waals surface area (Å²) in [6.07, 6.45) is 0. The van der Waals surface area contributed by atoms with Crippen LogP contribution in [0.5, 0.6) is 0 Å². The van der Waals surface area contributed by atoms with E-state index >= 15 is 0 Å². The summed E-state index contributed by atoms with van der Waals surface area (Å²) in [5.74, 6) is -0.312. The van der Waals surface area contributed by atoms with Crippen LogP contribution in [0.4, 0.5) is 5.82 Å². The Morgan fingerprint density at radius 2 is 1.91 bits per heavy atom. The van der Waals surface area contributed by atoms with Crippen LogP contribution >= 0.6 is 11.8 Å².